The molecule has 3 aromatic rings. The zero-order valence-electron chi connectivity index (χ0n) is 14.5. The summed E-state index contributed by atoms with van der Waals surface area (Å²) in [6, 6.07) is 11.4. The van der Waals surface area contributed by atoms with Crippen molar-refractivity contribution in [2.24, 2.45) is 0 Å². The molecule has 0 amide bonds. The first-order valence-electron chi connectivity index (χ1n) is 7.84. The van der Waals surface area contributed by atoms with E-state index in [1.54, 1.807) is 48.3 Å². The Balaban J connectivity index is 2.03. The molecule has 27 heavy (non-hydrogen) atoms. The Hall–Kier alpha value is -2.65. The normalized spacial score (nSPS) is 11.2. The van der Waals surface area contributed by atoms with Gasteiger partial charge < -0.3 is 4.74 Å². The van der Waals surface area contributed by atoms with Gasteiger partial charge in [-0.1, -0.05) is 18.2 Å². The molecule has 1 aromatic heterocycles. The number of sulfonamides is 1. The highest BCUT2D eigenvalue weighted by molar-refractivity contribution is 9.10. The van der Waals surface area contributed by atoms with Crippen LogP contribution < -0.4 is 4.72 Å². The minimum Gasteiger partial charge on any atom is -0.465 e. The molecular weight excluding hydrogens is 434 g/mol. The number of hydrogen-bond acceptors (Lipinski definition) is 5. The zero-order chi connectivity index (χ0) is 19.6. The maximum atomic E-state index is 13.0. The zero-order valence-corrected chi connectivity index (χ0v) is 16.9. The van der Waals surface area contributed by atoms with Crippen LogP contribution in [-0.4, -0.2) is 31.3 Å². The van der Waals surface area contributed by atoms with E-state index in [9.17, 15) is 13.2 Å². The van der Waals surface area contributed by atoms with E-state index < -0.39 is 16.0 Å². The molecule has 0 spiro atoms. The minimum absolute atomic E-state index is 0.00171. The fourth-order valence-electron chi connectivity index (χ4n) is 2.63. The minimum atomic E-state index is -3.94. The first kappa shape index (κ1) is 19.1. The summed E-state index contributed by atoms with van der Waals surface area (Å²) in [5, 5.41) is 4.19. The summed E-state index contributed by atoms with van der Waals surface area (Å²) >= 11 is 3.32. The van der Waals surface area contributed by atoms with Crippen molar-refractivity contribution in [3.63, 3.8) is 0 Å². The fraction of sp³-hybridized carbons (Fsp3) is 0.111. The molecule has 140 valence electrons. The van der Waals surface area contributed by atoms with Gasteiger partial charge in [-0.15, -0.1) is 0 Å². The molecule has 0 fully saturated rings. The number of rotatable bonds is 5. The van der Waals surface area contributed by atoms with Crippen molar-refractivity contribution in [3.05, 3.63) is 70.5 Å². The number of methoxy groups -OCH3 is 1. The molecule has 2 aromatic carbocycles. The first-order valence-corrected chi connectivity index (χ1v) is 10.1. The van der Waals surface area contributed by atoms with Gasteiger partial charge in [0.2, 0.25) is 0 Å². The largest absolute Gasteiger partial charge is 0.465 e. The predicted octanol–water partition coefficient (Wildman–Crippen LogP) is 3.53. The van der Waals surface area contributed by atoms with Crippen LogP contribution in [-0.2, 0) is 14.8 Å². The molecule has 0 aliphatic carbocycles. The van der Waals surface area contributed by atoms with Crippen molar-refractivity contribution >= 4 is 37.6 Å². The molecule has 3 rings (SSSR count). The number of hydrogen-bond donors (Lipinski definition) is 1. The SMILES string of the molecule is COC(=O)c1cccc(S(=O)(=O)Nc2ccccc2-n2cc(Br)cn2)c1C. The quantitative estimate of drug-likeness (QED) is 0.601. The number of nitrogens with one attached hydrogen (secondary N) is 1. The molecule has 0 unspecified atom stereocenters. The summed E-state index contributed by atoms with van der Waals surface area (Å²) in [6.07, 6.45) is 3.32. The number of halogens is 1. The van der Waals surface area contributed by atoms with Crippen molar-refractivity contribution in [2.45, 2.75) is 11.8 Å². The maximum Gasteiger partial charge on any atom is 0.338 e. The topological polar surface area (TPSA) is 90.3 Å². The summed E-state index contributed by atoms with van der Waals surface area (Å²) in [4.78, 5) is 11.9. The van der Waals surface area contributed by atoms with Gasteiger partial charge in [0.25, 0.3) is 10.0 Å². The Morgan fingerprint density at radius 2 is 1.93 bits per heavy atom. The van der Waals surface area contributed by atoms with Gasteiger partial charge in [0, 0.05) is 6.20 Å². The highest BCUT2D eigenvalue weighted by Gasteiger charge is 2.22. The lowest BCUT2D eigenvalue weighted by molar-refractivity contribution is 0.0599. The highest BCUT2D eigenvalue weighted by Crippen LogP contribution is 2.26. The third-order valence-corrected chi connectivity index (χ3v) is 5.84. The lowest BCUT2D eigenvalue weighted by atomic mass is 10.1. The Bertz CT molecular complexity index is 1110. The third-order valence-electron chi connectivity index (χ3n) is 3.93. The fourth-order valence-corrected chi connectivity index (χ4v) is 4.26. The lowest BCUT2D eigenvalue weighted by Gasteiger charge is -2.15. The second kappa shape index (κ2) is 7.53. The van der Waals surface area contributed by atoms with Gasteiger partial charge in [0.05, 0.1) is 39.6 Å². The Labute approximate surface area is 165 Å². The van der Waals surface area contributed by atoms with E-state index in [4.69, 9.17) is 4.74 Å². The van der Waals surface area contributed by atoms with Crippen LogP contribution in [0.1, 0.15) is 15.9 Å². The van der Waals surface area contributed by atoms with Gasteiger partial charge in [-0.3, -0.25) is 4.72 Å². The summed E-state index contributed by atoms with van der Waals surface area (Å²) in [5.41, 5.74) is 1.44. The molecule has 0 atom stereocenters. The summed E-state index contributed by atoms with van der Waals surface area (Å²) in [5.74, 6) is -0.591. The number of benzene rings is 2. The number of para-hydroxylation sites is 2. The Kier molecular flexibility index (Phi) is 5.33. The van der Waals surface area contributed by atoms with Crippen molar-refractivity contribution in [3.8, 4) is 5.69 Å². The van der Waals surface area contributed by atoms with Crippen molar-refractivity contribution in [2.75, 3.05) is 11.8 Å². The second-order valence-corrected chi connectivity index (χ2v) is 8.21. The van der Waals surface area contributed by atoms with Crippen molar-refractivity contribution in [1.29, 1.82) is 0 Å². The third kappa shape index (κ3) is 3.88. The number of anilines is 1. The standard InChI is InChI=1S/C18H16BrN3O4S/c1-12-14(18(23)26-2)6-5-9-17(12)27(24,25)21-15-7-3-4-8-16(15)22-11-13(19)10-20-22/h3-11,21H,1-2H3. The van der Waals surface area contributed by atoms with E-state index in [0.29, 0.717) is 16.9 Å². The van der Waals surface area contributed by atoms with Crippen LogP contribution in [0.2, 0.25) is 0 Å². The lowest BCUT2D eigenvalue weighted by Crippen LogP contribution is -2.17. The van der Waals surface area contributed by atoms with Gasteiger partial charge in [0.1, 0.15) is 0 Å². The molecule has 0 saturated heterocycles. The molecule has 0 aliphatic heterocycles. The van der Waals surface area contributed by atoms with E-state index in [-0.39, 0.29) is 10.5 Å². The van der Waals surface area contributed by atoms with E-state index in [1.165, 1.54) is 25.3 Å². The molecule has 1 N–H and O–H groups in total. The van der Waals surface area contributed by atoms with Crippen molar-refractivity contribution < 1.29 is 17.9 Å². The van der Waals surface area contributed by atoms with Crippen LogP contribution >= 0.6 is 15.9 Å². The number of carbonyl (C=O) groups is 1. The van der Waals surface area contributed by atoms with E-state index in [2.05, 4.69) is 25.8 Å². The van der Waals surface area contributed by atoms with E-state index >= 15 is 0 Å². The number of ether oxygens (including phenoxy) is 1. The average Bonchev–Trinajstić information content (AvgIpc) is 3.07. The monoisotopic (exact) mass is 449 g/mol. The average molecular weight is 450 g/mol. The summed E-state index contributed by atoms with van der Waals surface area (Å²) < 4.78 is 35.6. The van der Waals surface area contributed by atoms with Crippen LogP contribution in [0, 0.1) is 6.92 Å². The molecule has 1 heterocycles. The number of aromatic nitrogens is 2. The summed E-state index contributed by atoms with van der Waals surface area (Å²) in [6.45, 7) is 1.57. The van der Waals surface area contributed by atoms with Gasteiger partial charge in [-0.2, -0.15) is 5.10 Å². The number of nitrogens with zero attached hydrogens (tertiary/aromatic N) is 2. The maximum absolute atomic E-state index is 13.0. The second-order valence-electron chi connectivity index (χ2n) is 5.65. The molecule has 9 heteroatoms. The van der Waals surface area contributed by atoms with Crippen LogP contribution in [0.3, 0.4) is 0 Å². The van der Waals surface area contributed by atoms with Crippen LogP contribution in [0.4, 0.5) is 5.69 Å². The molecular formula is C18H16BrN3O4S. The predicted molar refractivity (Wildman–Crippen MR) is 105 cm³/mol. The van der Waals surface area contributed by atoms with Crippen LogP contribution in [0.25, 0.3) is 5.69 Å². The van der Waals surface area contributed by atoms with Gasteiger partial charge in [0.15, 0.2) is 0 Å². The smallest absolute Gasteiger partial charge is 0.338 e. The van der Waals surface area contributed by atoms with Gasteiger partial charge in [-0.05, 0) is 52.7 Å². The molecule has 0 saturated carbocycles. The Morgan fingerprint density at radius 3 is 2.59 bits per heavy atom. The van der Waals surface area contributed by atoms with E-state index in [1.807, 2.05) is 0 Å². The highest BCUT2D eigenvalue weighted by atomic mass is 79.9. The number of carbonyl (C=O) groups excluding carboxylic acids is 1. The molecule has 0 radical (unpaired) electrons. The van der Waals surface area contributed by atoms with E-state index in [0.717, 1.165) is 4.47 Å². The van der Waals surface area contributed by atoms with Crippen LogP contribution in [0.15, 0.2) is 64.2 Å². The van der Waals surface area contributed by atoms with Crippen LogP contribution in [0.5, 0.6) is 0 Å². The van der Waals surface area contributed by atoms with Gasteiger partial charge >= 0.3 is 5.97 Å². The van der Waals surface area contributed by atoms with Crippen molar-refractivity contribution in [1.82, 2.24) is 9.78 Å². The summed E-state index contributed by atoms with van der Waals surface area (Å²) in [7, 11) is -2.69. The molecule has 0 bridgehead atoms. The molecule has 7 nitrogen and oxygen atoms in total. The van der Waals surface area contributed by atoms with Gasteiger partial charge in [-0.25, -0.2) is 17.9 Å². The Morgan fingerprint density at radius 1 is 1.19 bits per heavy atom. The molecule has 0 aliphatic rings. The number of esters is 1. The first-order chi connectivity index (χ1) is 12.8.